The number of carbonyl (C=O) groups excluding carboxylic acids is 1. The number of aliphatic carboxylic acids is 1. The minimum atomic E-state index is -0.845. The molecule has 2 saturated heterocycles. The van der Waals surface area contributed by atoms with E-state index in [1.54, 1.807) is 38.2 Å². The average Bonchev–Trinajstić information content (AvgIpc) is 3.19. The number of carboxylic acid groups (broad SMARTS) is 1. The highest BCUT2D eigenvalue weighted by atomic mass is 32.2. The molecule has 0 spiro atoms. The van der Waals surface area contributed by atoms with E-state index in [0.29, 0.717) is 83.8 Å². The number of rotatable bonds is 9. The van der Waals surface area contributed by atoms with E-state index in [2.05, 4.69) is 0 Å². The molecular formula is C28H30FN5O4S2. The standard InChI is InChI=1S/C28H30FN5O4S2/c1-18-19(16-23-27(38)34(28(39)40-23)11-7-3-4-10-24(35)36)25(31(2)26(37)20(18)17-30)33-14-12-32(13-15-33)22-9-6-5-8-21(22)29/h5-6,8-9,16H,3-4,7,10-15H2,1-2H3,(H,35,36). The number of carbonyl (C=O) groups is 2. The van der Waals surface area contributed by atoms with Gasteiger partial charge >= 0.3 is 5.97 Å². The Kier molecular flexibility index (Phi) is 9.27. The first kappa shape index (κ1) is 29.3. The van der Waals surface area contributed by atoms with Gasteiger partial charge in [0.1, 0.15) is 27.6 Å². The first-order valence-electron chi connectivity index (χ1n) is 13.0. The van der Waals surface area contributed by atoms with Crippen LogP contribution in [0, 0.1) is 24.1 Å². The third-order valence-electron chi connectivity index (χ3n) is 7.16. The van der Waals surface area contributed by atoms with Crippen LogP contribution in [-0.2, 0) is 16.6 Å². The number of hydrogen-bond acceptors (Lipinski definition) is 8. The number of halogens is 1. The second-order valence-corrected chi connectivity index (χ2v) is 11.4. The topological polar surface area (TPSA) is 110 Å². The van der Waals surface area contributed by atoms with Gasteiger partial charge in [-0.25, -0.2) is 4.39 Å². The number of hydrogen-bond donors (Lipinski definition) is 1. The van der Waals surface area contributed by atoms with Gasteiger partial charge in [-0.1, -0.05) is 42.5 Å². The molecule has 12 heteroatoms. The number of amides is 1. The molecule has 0 aliphatic carbocycles. The Bertz CT molecular complexity index is 1470. The minimum absolute atomic E-state index is 0.0106. The first-order valence-corrected chi connectivity index (χ1v) is 14.2. The van der Waals surface area contributed by atoms with E-state index < -0.39 is 11.5 Å². The summed E-state index contributed by atoms with van der Waals surface area (Å²) in [5, 5.41) is 18.5. The summed E-state index contributed by atoms with van der Waals surface area (Å²) >= 11 is 6.63. The van der Waals surface area contributed by atoms with Gasteiger partial charge in [-0.15, -0.1) is 0 Å². The Morgan fingerprint density at radius 1 is 1.15 bits per heavy atom. The number of thioether (sulfide) groups is 1. The summed E-state index contributed by atoms with van der Waals surface area (Å²) in [7, 11) is 1.61. The molecule has 0 atom stereocenters. The van der Waals surface area contributed by atoms with Crippen molar-refractivity contribution in [1.29, 1.82) is 5.26 Å². The molecule has 2 fully saturated rings. The van der Waals surface area contributed by atoms with Crippen molar-refractivity contribution in [2.24, 2.45) is 7.05 Å². The van der Waals surface area contributed by atoms with Crippen molar-refractivity contribution < 1.29 is 19.1 Å². The van der Waals surface area contributed by atoms with E-state index in [9.17, 15) is 24.0 Å². The van der Waals surface area contributed by atoms with Gasteiger partial charge in [-0.3, -0.25) is 23.9 Å². The van der Waals surface area contributed by atoms with Gasteiger partial charge < -0.3 is 14.9 Å². The van der Waals surface area contributed by atoms with E-state index in [4.69, 9.17) is 17.3 Å². The molecule has 4 rings (SSSR count). The van der Waals surface area contributed by atoms with Crippen molar-refractivity contribution in [1.82, 2.24) is 9.47 Å². The summed E-state index contributed by atoms with van der Waals surface area (Å²) in [6.07, 6.45) is 3.61. The van der Waals surface area contributed by atoms with E-state index in [1.807, 2.05) is 15.9 Å². The van der Waals surface area contributed by atoms with E-state index >= 15 is 0 Å². The van der Waals surface area contributed by atoms with Crippen LogP contribution in [0.2, 0.25) is 0 Å². The molecule has 1 N–H and O–H groups in total. The molecule has 3 heterocycles. The van der Waals surface area contributed by atoms with Crippen LogP contribution in [0.15, 0.2) is 34.0 Å². The van der Waals surface area contributed by atoms with Crippen LogP contribution in [0.1, 0.15) is 42.4 Å². The zero-order valence-corrected chi connectivity index (χ0v) is 24.0. The second kappa shape index (κ2) is 12.7. The van der Waals surface area contributed by atoms with Crippen molar-refractivity contribution in [2.45, 2.75) is 32.6 Å². The lowest BCUT2D eigenvalue weighted by molar-refractivity contribution is -0.137. The Morgan fingerprint density at radius 3 is 2.48 bits per heavy atom. The number of nitrogens with zero attached hydrogens (tertiary/aromatic N) is 5. The summed E-state index contributed by atoms with van der Waals surface area (Å²) in [6.45, 7) is 4.15. The Labute approximate surface area is 241 Å². The highest BCUT2D eigenvalue weighted by Crippen LogP contribution is 2.36. The highest BCUT2D eigenvalue weighted by molar-refractivity contribution is 8.26. The van der Waals surface area contributed by atoms with Gasteiger partial charge in [-0.05, 0) is 43.5 Å². The number of thiocarbonyl (C=S) groups is 1. The highest BCUT2D eigenvalue weighted by Gasteiger charge is 2.33. The van der Waals surface area contributed by atoms with Crippen LogP contribution in [0.25, 0.3) is 6.08 Å². The van der Waals surface area contributed by atoms with Crippen molar-refractivity contribution in [3.63, 3.8) is 0 Å². The fourth-order valence-corrected chi connectivity index (χ4v) is 6.30. The molecule has 2 aliphatic rings. The molecule has 2 aromatic rings. The molecule has 40 heavy (non-hydrogen) atoms. The van der Waals surface area contributed by atoms with Gasteiger partial charge in [-0.2, -0.15) is 5.26 Å². The van der Waals surface area contributed by atoms with Crippen LogP contribution in [0.3, 0.4) is 0 Å². The summed E-state index contributed by atoms with van der Waals surface area (Å²) in [5.74, 6) is -0.798. The Balaban J connectivity index is 1.61. The molecule has 0 bridgehead atoms. The Hall–Kier alpha value is -3.69. The summed E-state index contributed by atoms with van der Waals surface area (Å²) in [4.78, 5) is 43.0. The van der Waals surface area contributed by atoms with Gasteiger partial charge in [0.25, 0.3) is 11.5 Å². The van der Waals surface area contributed by atoms with Crippen molar-refractivity contribution >= 4 is 57.8 Å². The van der Waals surface area contributed by atoms with E-state index in [-0.39, 0.29) is 23.7 Å². The largest absolute Gasteiger partial charge is 0.481 e. The van der Waals surface area contributed by atoms with Crippen molar-refractivity contribution in [3.8, 4) is 6.07 Å². The van der Waals surface area contributed by atoms with Gasteiger partial charge in [0.15, 0.2) is 0 Å². The molecular weight excluding hydrogens is 553 g/mol. The molecule has 2 aliphatic heterocycles. The van der Waals surface area contributed by atoms with Crippen LogP contribution < -0.4 is 15.4 Å². The van der Waals surface area contributed by atoms with Crippen molar-refractivity contribution in [3.05, 3.63) is 62.0 Å². The molecule has 210 valence electrons. The maximum Gasteiger partial charge on any atom is 0.303 e. The monoisotopic (exact) mass is 583 g/mol. The lowest BCUT2D eigenvalue weighted by Crippen LogP contribution is -2.48. The number of para-hydroxylation sites is 1. The molecule has 0 unspecified atom stereocenters. The minimum Gasteiger partial charge on any atom is -0.481 e. The average molecular weight is 584 g/mol. The number of pyridine rings is 1. The number of aromatic nitrogens is 1. The number of nitriles is 1. The van der Waals surface area contributed by atoms with Crippen molar-refractivity contribution in [2.75, 3.05) is 42.5 Å². The molecule has 0 radical (unpaired) electrons. The molecule has 0 saturated carbocycles. The van der Waals surface area contributed by atoms with Gasteiger partial charge in [0.05, 0.1) is 10.6 Å². The smallest absolute Gasteiger partial charge is 0.303 e. The number of benzene rings is 1. The molecule has 9 nitrogen and oxygen atoms in total. The molecule has 1 aromatic heterocycles. The lowest BCUT2D eigenvalue weighted by atomic mass is 10.0. The fraction of sp³-hybridized carbons (Fsp3) is 0.393. The van der Waals surface area contributed by atoms with E-state index in [1.165, 1.54) is 27.3 Å². The summed E-state index contributed by atoms with van der Waals surface area (Å²) in [6, 6.07) is 8.63. The van der Waals surface area contributed by atoms with Crippen LogP contribution in [0.5, 0.6) is 0 Å². The maximum atomic E-state index is 14.4. The summed E-state index contributed by atoms with van der Waals surface area (Å²) < 4.78 is 16.2. The number of anilines is 2. The third-order valence-corrected chi connectivity index (χ3v) is 8.54. The predicted octanol–water partition coefficient (Wildman–Crippen LogP) is 3.88. The lowest BCUT2D eigenvalue weighted by Gasteiger charge is -2.38. The predicted molar refractivity (Wildman–Crippen MR) is 158 cm³/mol. The van der Waals surface area contributed by atoms with Crippen LogP contribution in [-0.4, -0.2) is 63.5 Å². The van der Waals surface area contributed by atoms with Crippen LogP contribution in [0.4, 0.5) is 15.9 Å². The molecule has 1 amide bonds. The Morgan fingerprint density at radius 2 is 1.82 bits per heavy atom. The molecule has 1 aromatic carbocycles. The quantitative estimate of drug-likeness (QED) is 0.267. The van der Waals surface area contributed by atoms with Crippen LogP contribution >= 0.6 is 24.0 Å². The van der Waals surface area contributed by atoms with E-state index in [0.717, 1.165) is 0 Å². The summed E-state index contributed by atoms with van der Waals surface area (Å²) in [5.41, 5.74) is 1.20. The fourth-order valence-electron chi connectivity index (χ4n) is 5.01. The maximum absolute atomic E-state index is 14.4. The normalized spacial score (nSPS) is 16.6. The zero-order chi connectivity index (χ0) is 29.0. The third kappa shape index (κ3) is 6.05. The SMILES string of the molecule is Cc1c(C=C2SC(=S)N(CCCCCC(=O)O)C2=O)c(N2CCN(c3ccccc3F)CC2)n(C)c(=O)c1C#N. The number of unbranched alkanes of at least 4 members (excludes halogenated alkanes) is 2. The second-order valence-electron chi connectivity index (χ2n) is 9.68. The van der Waals surface area contributed by atoms with Gasteiger partial charge in [0.2, 0.25) is 0 Å². The zero-order valence-electron chi connectivity index (χ0n) is 22.4. The number of carboxylic acids is 1. The first-order chi connectivity index (χ1) is 19.1. The number of piperazine rings is 1. The van der Waals surface area contributed by atoms with Gasteiger partial charge in [0, 0.05) is 51.8 Å².